The minimum absolute atomic E-state index is 0.208. The quantitative estimate of drug-likeness (QED) is 0.191. The molecule has 1 aliphatic heterocycles. The Kier molecular flexibility index (Phi) is 6.49. The zero-order valence-corrected chi connectivity index (χ0v) is 25.4. The molecule has 0 spiro atoms. The zero-order chi connectivity index (χ0) is 24.2. The van der Waals surface area contributed by atoms with Crippen LogP contribution in [0.1, 0.15) is 79.8 Å². The number of fused-ring (bicyclic) bond motifs is 6. The molecule has 0 saturated carbocycles. The van der Waals surface area contributed by atoms with Crippen molar-refractivity contribution in [2.24, 2.45) is 0 Å². The van der Waals surface area contributed by atoms with Crippen molar-refractivity contribution in [1.82, 2.24) is 44.9 Å². The van der Waals surface area contributed by atoms with Gasteiger partial charge in [-0.15, -0.1) is 0 Å². The summed E-state index contributed by atoms with van der Waals surface area (Å²) < 4.78 is 4.39. The van der Waals surface area contributed by atoms with Gasteiger partial charge in [0.1, 0.15) is 0 Å². The first-order valence-electron chi connectivity index (χ1n) is 10.5. The monoisotopic (exact) mass is 645 g/mol. The van der Waals surface area contributed by atoms with Crippen molar-refractivity contribution >= 4 is 73.2 Å². The van der Waals surface area contributed by atoms with Gasteiger partial charge >= 0.3 is 214 Å². The van der Waals surface area contributed by atoms with Gasteiger partial charge in [-0.3, -0.25) is 0 Å². The van der Waals surface area contributed by atoms with Crippen molar-refractivity contribution < 1.29 is 0 Å². The van der Waals surface area contributed by atoms with Gasteiger partial charge in [-0.1, -0.05) is 0 Å². The molecule has 174 valence electrons. The molecule has 3 aromatic rings. The first kappa shape index (κ1) is 24.7. The summed E-state index contributed by atoms with van der Waals surface area (Å²) >= 11 is -0.794. The van der Waals surface area contributed by atoms with Crippen LogP contribution in [0.2, 0.25) is 0 Å². The van der Waals surface area contributed by atoms with Gasteiger partial charge in [0, 0.05) is 0 Å². The Morgan fingerprint density at radius 3 is 0.667 bits per heavy atom. The predicted molar refractivity (Wildman–Crippen MR) is 131 cm³/mol. The van der Waals surface area contributed by atoms with E-state index in [-0.39, 0.29) is 61.1 Å². The number of aromatic nitrogens is 9. The minimum atomic E-state index is -0.265. The van der Waals surface area contributed by atoms with Crippen molar-refractivity contribution in [2.75, 3.05) is 0 Å². The van der Waals surface area contributed by atoms with Crippen LogP contribution < -0.4 is 28.3 Å². The van der Waals surface area contributed by atoms with Gasteiger partial charge in [0.05, 0.1) is 0 Å². The Labute approximate surface area is 213 Å². The van der Waals surface area contributed by atoms with Crippen molar-refractivity contribution in [2.45, 2.75) is 78.6 Å². The van der Waals surface area contributed by atoms with Crippen LogP contribution in [0, 0.1) is 0 Å². The summed E-state index contributed by atoms with van der Waals surface area (Å²) in [7, 11) is 0. The van der Waals surface area contributed by atoms with Crippen LogP contribution in [0.15, 0.2) is 0 Å². The van der Waals surface area contributed by atoms with Gasteiger partial charge in [0.2, 0.25) is 0 Å². The van der Waals surface area contributed by atoms with E-state index < -0.39 is 0 Å². The number of hydrogen-bond donors (Lipinski definition) is 0. The van der Waals surface area contributed by atoms with Crippen molar-refractivity contribution in [1.29, 1.82) is 0 Å². The van der Waals surface area contributed by atoms with Crippen LogP contribution >= 0.6 is 0 Å². The molecule has 0 amide bonds. The molecule has 0 saturated heterocycles. The third-order valence-corrected chi connectivity index (χ3v) is 8.94. The van der Waals surface area contributed by atoms with Crippen molar-refractivity contribution in [3.05, 3.63) is 17.5 Å². The van der Waals surface area contributed by atoms with Gasteiger partial charge in [-0.2, -0.15) is 0 Å². The van der Waals surface area contributed by atoms with Crippen molar-refractivity contribution in [3.63, 3.8) is 0 Å². The first-order chi connectivity index (χ1) is 15.2. The third kappa shape index (κ3) is 5.99. The van der Waals surface area contributed by atoms with Gasteiger partial charge in [0.25, 0.3) is 0 Å². The van der Waals surface area contributed by atoms with Gasteiger partial charge in [0.15, 0.2) is 0 Å². The number of nitrogens with zero attached hydrogens (tertiary/aromatic N) is 9. The SMILES string of the molecule is CC(C)(C)c1nc2nc(n1)[Se]c1nc(nc(C(C)(C)C)n1)[Se]c1nc(nc(C(C)(C)C)n1)[Se]2. The van der Waals surface area contributed by atoms with E-state index in [1.165, 1.54) is 0 Å². The summed E-state index contributed by atoms with van der Waals surface area (Å²) in [6.07, 6.45) is 0. The Morgan fingerprint density at radius 2 is 0.515 bits per heavy atom. The predicted octanol–water partition coefficient (Wildman–Crippen LogP) is -2.59. The first-order valence-corrected chi connectivity index (χ1v) is 15.6. The molecular formula is C21H27N9Se3. The molecule has 4 rings (SSSR count). The van der Waals surface area contributed by atoms with Gasteiger partial charge < -0.3 is 0 Å². The van der Waals surface area contributed by atoms with Gasteiger partial charge in [-0.25, -0.2) is 0 Å². The molecule has 33 heavy (non-hydrogen) atoms. The fourth-order valence-corrected chi connectivity index (χ4v) is 7.77. The van der Waals surface area contributed by atoms with E-state index in [0.29, 0.717) is 0 Å². The molecule has 9 nitrogen and oxygen atoms in total. The van der Waals surface area contributed by atoms with Gasteiger partial charge in [-0.05, 0) is 0 Å². The van der Waals surface area contributed by atoms with E-state index in [1.54, 1.807) is 0 Å². The summed E-state index contributed by atoms with van der Waals surface area (Å²) in [5, 5.41) is 0. The molecule has 1 aliphatic rings. The Balaban J connectivity index is 1.97. The molecule has 12 heteroatoms. The summed E-state index contributed by atoms with van der Waals surface area (Å²) in [5.41, 5.74) is -0.624. The fourth-order valence-electron chi connectivity index (χ4n) is 2.54. The molecule has 0 atom stereocenters. The molecule has 0 unspecified atom stereocenters. The molecule has 0 aromatic carbocycles. The summed E-state index contributed by atoms with van der Waals surface area (Å²) in [6.45, 7) is 19.0. The molecule has 0 radical (unpaired) electrons. The average molecular weight is 642 g/mol. The van der Waals surface area contributed by atoms with Crippen LogP contribution in [0.4, 0.5) is 0 Å². The fraction of sp³-hybridized carbons (Fsp3) is 0.571. The second kappa shape index (κ2) is 8.67. The molecule has 3 aromatic heterocycles. The van der Waals surface area contributed by atoms with Crippen LogP contribution in [-0.2, 0) is 16.2 Å². The third-order valence-electron chi connectivity index (χ3n) is 4.34. The van der Waals surface area contributed by atoms with E-state index in [9.17, 15) is 0 Å². The molecular weight excluding hydrogens is 615 g/mol. The second-order valence-electron chi connectivity index (χ2n) is 10.7. The van der Waals surface area contributed by atoms with E-state index in [2.05, 4.69) is 62.3 Å². The zero-order valence-electron chi connectivity index (χ0n) is 20.2. The normalized spacial score (nSPS) is 14.5. The molecule has 0 N–H and O–H groups in total. The van der Waals surface area contributed by atoms with E-state index >= 15 is 0 Å². The number of rotatable bonds is 0. The van der Waals surface area contributed by atoms with Crippen LogP contribution in [-0.4, -0.2) is 89.7 Å². The average Bonchev–Trinajstić information content (AvgIpc) is 2.64. The Morgan fingerprint density at radius 1 is 0.333 bits per heavy atom. The summed E-state index contributed by atoms with van der Waals surface area (Å²) in [5.74, 6) is 2.30. The molecule has 0 aliphatic carbocycles. The van der Waals surface area contributed by atoms with E-state index in [1.807, 2.05) is 0 Å². The van der Waals surface area contributed by atoms with Crippen molar-refractivity contribution in [3.8, 4) is 0 Å². The van der Waals surface area contributed by atoms with Crippen LogP contribution in [0.3, 0.4) is 0 Å². The standard InChI is InChI=1S/C21H27N9Se3/c1-19(2,3)10-22-13-28-14(23-10)32-16-25-12(21(7,8)9)27-18(30-16)33-17-26-11(20(4,5)6)24-15(29-17)31-13/h1-9H3. The number of hydrogen-bond acceptors (Lipinski definition) is 9. The maximum atomic E-state index is 4.81. The van der Waals surface area contributed by atoms with Crippen LogP contribution in [0.5, 0.6) is 0 Å². The topological polar surface area (TPSA) is 116 Å². The Hall–Kier alpha value is -1.41. The van der Waals surface area contributed by atoms with Crippen LogP contribution in [0.25, 0.3) is 0 Å². The molecule has 6 bridgehead atoms. The summed E-state index contributed by atoms with van der Waals surface area (Å²) in [6, 6.07) is 0. The van der Waals surface area contributed by atoms with E-state index in [0.717, 1.165) is 45.8 Å². The molecule has 4 heterocycles. The second-order valence-corrected chi connectivity index (χ2v) is 16.6. The van der Waals surface area contributed by atoms with E-state index in [4.69, 9.17) is 44.9 Å². The molecule has 0 fully saturated rings. The Bertz CT molecular complexity index is 999. The summed E-state index contributed by atoms with van der Waals surface area (Å²) in [4.78, 5) is 43.2. The maximum absolute atomic E-state index is 4.81.